The lowest BCUT2D eigenvalue weighted by Gasteiger charge is -2.61. The maximum atomic E-state index is 11.3. The average Bonchev–Trinajstić information content (AvgIpc) is 3.58. The standard InChI is InChI=1S/C39H64O13/c1-18-7-12-39(47-17-18)19(2)28-25(52-39)14-24-22-6-5-20-13-21(8-10-37(20,3)23(22)9-11-38(24,28)4)48-33-27(16-41)50-36(32(45)30(33)43)51-34-26(15-40)49-35(46)31(44)29(34)42/h18-36,40-46H,5-17H2,1-4H3/t18-,19-,20-,21-,22+,23-,24-,25-,26+,27+,28-,29+,30+,31+,32+,33-,34+,35+,36-,37-,38-,39+/m0/s1. The van der Waals surface area contributed by atoms with Gasteiger partial charge in [0.05, 0.1) is 32.0 Å². The quantitative estimate of drug-likeness (QED) is 0.207. The molecule has 8 rings (SSSR count). The summed E-state index contributed by atoms with van der Waals surface area (Å²) in [6.07, 6.45) is -3.54. The Morgan fingerprint density at radius 2 is 1.38 bits per heavy atom. The molecule has 0 aromatic heterocycles. The van der Waals surface area contributed by atoms with Gasteiger partial charge in [-0.25, -0.2) is 0 Å². The third-order valence-corrected chi connectivity index (χ3v) is 16.2. The van der Waals surface area contributed by atoms with Crippen LogP contribution in [0.1, 0.15) is 91.9 Å². The Kier molecular flexibility index (Phi) is 10.4. The lowest BCUT2D eigenvalue weighted by Crippen LogP contribution is -2.65. The Morgan fingerprint density at radius 3 is 2.10 bits per heavy atom. The van der Waals surface area contributed by atoms with Crippen molar-refractivity contribution in [3.05, 3.63) is 0 Å². The highest BCUT2D eigenvalue weighted by Crippen LogP contribution is 2.71. The highest BCUT2D eigenvalue weighted by Gasteiger charge is 2.69. The van der Waals surface area contributed by atoms with Gasteiger partial charge in [0.25, 0.3) is 0 Å². The maximum absolute atomic E-state index is 11.3. The SMILES string of the molecule is C[C@H]1CC[C@@]2(OC1)O[C@H]1C[C@H]3[C@@H]4CC[C@H]5C[C@@H](O[C@@H]6[C@H](O)[C@@H](O)[C@H](O[C@H]7[C@H](O)[C@@H](O)[C@H](O)O[C@@H]7CO)O[C@@H]6CO)CC[C@]5(C)[C@H]4CC[C@]3(C)[C@H]1[C@@H]2C. The average molecular weight is 741 g/mol. The Balaban J connectivity index is 0.901. The van der Waals surface area contributed by atoms with Crippen LogP contribution in [0.5, 0.6) is 0 Å². The second-order valence-corrected chi connectivity index (χ2v) is 18.7. The molecule has 0 amide bonds. The molecule has 8 fully saturated rings. The van der Waals surface area contributed by atoms with Gasteiger partial charge >= 0.3 is 0 Å². The van der Waals surface area contributed by atoms with Crippen LogP contribution < -0.4 is 0 Å². The summed E-state index contributed by atoms with van der Waals surface area (Å²) in [6.45, 7) is 9.39. The van der Waals surface area contributed by atoms with Gasteiger partial charge in [0.2, 0.25) is 0 Å². The van der Waals surface area contributed by atoms with Crippen molar-refractivity contribution in [2.45, 2.75) is 171 Å². The van der Waals surface area contributed by atoms with Crippen molar-refractivity contribution in [1.82, 2.24) is 0 Å². The zero-order chi connectivity index (χ0) is 36.9. The normalized spacial score (nSPS) is 59.0. The molecule has 1 spiro atoms. The Hall–Kier alpha value is -0.520. The molecular weight excluding hydrogens is 676 g/mol. The molecule has 4 saturated carbocycles. The van der Waals surface area contributed by atoms with E-state index in [1.54, 1.807) is 0 Å². The van der Waals surface area contributed by atoms with E-state index in [9.17, 15) is 35.7 Å². The van der Waals surface area contributed by atoms with Gasteiger partial charge in [0, 0.05) is 12.3 Å². The van der Waals surface area contributed by atoms with Gasteiger partial charge in [-0.1, -0.05) is 27.7 Å². The lowest BCUT2D eigenvalue weighted by molar-refractivity contribution is -0.360. The number of hydrogen-bond donors (Lipinski definition) is 7. The van der Waals surface area contributed by atoms with Crippen molar-refractivity contribution in [3.63, 3.8) is 0 Å². The molecule has 0 aromatic carbocycles. The van der Waals surface area contributed by atoms with Crippen LogP contribution in [0.3, 0.4) is 0 Å². The number of ether oxygens (including phenoxy) is 6. The third-order valence-electron chi connectivity index (χ3n) is 16.2. The summed E-state index contributed by atoms with van der Waals surface area (Å²) in [5, 5.41) is 72.9. The summed E-state index contributed by atoms with van der Waals surface area (Å²) in [7, 11) is 0. The minimum atomic E-state index is -1.74. The maximum Gasteiger partial charge on any atom is 0.187 e. The number of fused-ring (bicyclic) bond motifs is 7. The van der Waals surface area contributed by atoms with Crippen LogP contribution in [0.4, 0.5) is 0 Å². The second kappa shape index (κ2) is 14.1. The molecule has 4 aliphatic carbocycles. The first-order valence-corrected chi connectivity index (χ1v) is 20.3. The zero-order valence-corrected chi connectivity index (χ0v) is 31.2. The second-order valence-electron chi connectivity index (χ2n) is 18.7. The van der Waals surface area contributed by atoms with Gasteiger partial charge in [-0.2, -0.15) is 0 Å². The van der Waals surface area contributed by atoms with Crippen molar-refractivity contribution >= 4 is 0 Å². The summed E-state index contributed by atoms with van der Waals surface area (Å²) < 4.78 is 36.8. The fraction of sp³-hybridized carbons (Fsp3) is 1.00. The molecule has 8 aliphatic rings. The summed E-state index contributed by atoms with van der Waals surface area (Å²) in [6, 6.07) is 0. The molecule has 22 atom stereocenters. The van der Waals surface area contributed by atoms with Gasteiger partial charge < -0.3 is 64.2 Å². The van der Waals surface area contributed by atoms with Crippen LogP contribution in [-0.2, 0) is 28.4 Å². The van der Waals surface area contributed by atoms with E-state index >= 15 is 0 Å². The molecule has 298 valence electrons. The van der Waals surface area contributed by atoms with E-state index in [0.29, 0.717) is 41.4 Å². The highest BCUT2D eigenvalue weighted by atomic mass is 16.7. The van der Waals surface area contributed by atoms with Crippen LogP contribution in [0.2, 0.25) is 0 Å². The number of aliphatic hydroxyl groups is 7. The first-order valence-electron chi connectivity index (χ1n) is 20.3. The highest BCUT2D eigenvalue weighted by molar-refractivity contribution is 5.15. The van der Waals surface area contributed by atoms with E-state index in [1.165, 1.54) is 25.7 Å². The van der Waals surface area contributed by atoms with Crippen LogP contribution in [-0.4, -0.2) is 135 Å². The zero-order valence-electron chi connectivity index (χ0n) is 31.2. The van der Waals surface area contributed by atoms with Crippen LogP contribution >= 0.6 is 0 Å². The van der Waals surface area contributed by atoms with E-state index in [0.717, 1.165) is 45.1 Å². The number of hydrogen-bond acceptors (Lipinski definition) is 13. The molecule has 7 N–H and O–H groups in total. The van der Waals surface area contributed by atoms with Crippen molar-refractivity contribution in [3.8, 4) is 0 Å². The first kappa shape index (κ1) is 38.4. The Morgan fingerprint density at radius 1 is 0.692 bits per heavy atom. The van der Waals surface area contributed by atoms with E-state index in [-0.39, 0.29) is 23.0 Å². The van der Waals surface area contributed by atoms with E-state index in [2.05, 4.69) is 27.7 Å². The van der Waals surface area contributed by atoms with Gasteiger partial charge in [0.15, 0.2) is 18.4 Å². The smallest absolute Gasteiger partial charge is 0.187 e. The molecule has 4 heterocycles. The van der Waals surface area contributed by atoms with E-state index in [4.69, 9.17) is 28.4 Å². The Labute approximate surface area is 307 Å². The predicted molar refractivity (Wildman–Crippen MR) is 183 cm³/mol. The minimum Gasteiger partial charge on any atom is -0.394 e. The van der Waals surface area contributed by atoms with Crippen molar-refractivity contribution in [1.29, 1.82) is 0 Å². The van der Waals surface area contributed by atoms with Crippen LogP contribution in [0.15, 0.2) is 0 Å². The van der Waals surface area contributed by atoms with Crippen LogP contribution in [0.25, 0.3) is 0 Å². The van der Waals surface area contributed by atoms with Crippen molar-refractivity contribution < 1.29 is 64.2 Å². The fourth-order valence-electron chi connectivity index (χ4n) is 13.3. The summed E-state index contributed by atoms with van der Waals surface area (Å²) in [5.41, 5.74) is 0.463. The number of aliphatic hydroxyl groups excluding tert-OH is 7. The molecule has 13 nitrogen and oxygen atoms in total. The third kappa shape index (κ3) is 5.98. The van der Waals surface area contributed by atoms with Gasteiger partial charge in [0.1, 0.15) is 48.8 Å². The predicted octanol–water partition coefficient (Wildman–Crippen LogP) is 1.44. The van der Waals surface area contributed by atoms with Crippen LogP contribution in [0, 0.1) is 52.3 Å². The molecule has 0 unspecified atom stereocenters. The molecule has 4 saturated heterocycles. The van der Waals surface area contributed by atoms with Gasteiger partial charge in [-0.3, -0.25) is 0 Å². The van der Waals surface area contributed by atoms with Gasteiger partial charge in [-0.15, -0.1) is 0 Å². The van der Waals surface area contributed by atoms with E-state index in [1.807, 2.05) is 0 Å². The fourth-order valence-corrected chi connectivity index (χ4v) is 13.3. The summed E-state index contributed by atoms with van der Waals surface area (Å²) >= 11 is 0. The van der Waals surface area contributed by atoms with Gasteiger partial charge in [-0.05, 0) is 104 Å². The molecule has 0 aromatic rings. The topological polar surface area (TPSA) is 197 Å². The summed E-state index contributed by atoms with van der Waals surface area (Å²) in [4.78, 5) is 0. The molecular formula is C39H64O13. The van der Waals surface area contributed by atoms with Crippen molar-refractivity contribution in [2.75, 3.05) is 19.8 Å². The molecule has 0 radical (unpaired) electrons. The Bertz CT molecular complexity index is 1260. The molecule has 13 heteroatoms. The largest absolute Gasteiger partial charge is 0.394 e. The van der Waals surface area contributed by atoms with Crippen molar-refractivity contribution in [2.24, 2.45) is 52.3 Å². The molecule has 52 heavy (non-hydrogen) atoms. The first-order chi connectivity index (χ1) is 24.7. The van der Waals surface area contributed by atoms with E-state index < -0.39 is 80.4 Å². The monoisotopic (exact) mass is 740 g/mol. The summed E-state index contributed by atoms with van der Waals surface area (Å²) in [5.74, 6) is 3.62. The lowest BCUT2D eigenvalue weighted by atomic mass is 9.44. The molecule has 0 bridgehead atoms. The molecule has 4 aliphatic heterocycles. The minimum absolute atomic E-state index is 0.177. The number of rotatable bonds is 6.